The van der Waals surface area contributed by atoms with Crippen LogP contribution in [0, 0.1) is 0 Å². The van der Waals surface area contributed by atoms with Crippen LogP contribution in [-0.2, 0) is 67.6 Å². The second-order valence-corrected chi connectivity index (χ2v) is 11.5. The van der Waals surface area contributed by atoms with Gasteiger partial charge in [-0.2, -0.15) is 0 Å². The van der Waals surface area contributed by atoms with E-state index in [1.54, 1.807) is 30.3 Å². The van der Waals surface area contributed by atoms with Crippen molar-refractivity contribution in [1.29, 1.82) is 0 Å². The summed E-state index contributed by atoms with van der Waals surface area (Å²) in [6, 6.07) is 13.7. The first-order chi connectivity index (χ1) is 23.0. The molecule has 1 unspecified atom stereocenters. The highest BCUT2D eigenvalue weighted by Gasteiger charge is 2.31. The highest BCUT2D eigenvalue weighted by Crippen LogP contribution is 2.16. The van der Waals surface area contributed by atoms with Gasteiger partial charge < -0.3 is 45.5 Å². The second kappa shape index (κ2) is 15.3. The van der Waals surface area contributed by atoms with Gasteiger partial charge in [0.05, 0.1) is 26.1 Å². The fourth-order valence-corrected chi connectivity index (χ4v) is 5.77. The molecule has 14 nitrogen and oxygen atoms in total. The number of nitrogens with one attached hydrogen (secondary N) is 3. The second-order valence-electron chi connectivity index (χ2n) is 11.5. The maximum atomic E-state index is 13.2. The molecule has 2 aliphatic rings. The van der Waals surface area contributed by atoms with Crippen LogP contribution in [0.5, 0.6) is 0 Å². The molecule has 248 valence electrons. The van der Waals surface area contributed by atoms with E-state index in [-0.39, 0.29) is 62.9 Å². The number of carbonyl (C=O) groups excluding carboxylic acids is 3. The zero-order chi connectivity index (χ0) is 34.4. The van der Waals surface area contributed by atoms with Crippen LogP contribution in [0.25, 0.3) is 0 Å². The molecule has 1 atom stereocenters. The molecule has 0 radical (unpaired) electrons. The van der Waals surface area contributed by atoms with Crippen molar-refractivity contribution in [2.75, 3.05) is 0 Å². The van der Waals surface area contributed by atoms with Crippen LogP contribution < -0.4 is 26.9 Å². The molecule has 7 N–H and O–H groups in total. The van der Waals surface area contributed by atoms with Crippen LogP contribution in [0.2, 0.25) is 0 Å². The number of carbonyl (C=O) groups is 5. The summed E-state index contributed by atoms with van der Waals surface area (Å²) in [5, 5.41) is 46.8. The molecule has 0 saturated carbocycles. The lowest BCUT2D eigenvalue weighted by Crippen LogP contribution is -2.41. The lowest BCUT2D eigenvalue weighted by atomic mass is 9.75. The molecular weight excluding hydrogens is 624 g/mol. The minimum absolute atomic E-state index is 0.0234. The molecule has 3 amide bonds. The number of amides is 3. The van der Waals surface area contributed by atoms with Gasteiger partial charge in [0, 0.05) is 25.1 Å². The van der Waals surface area contributed by atoms with Crippen molar-refractivity contribution in [2.45, 2.75) is 58.0 Å². The Hall–Kier alpha value is -5.02. The average Bonchev–Trinajstić information content (AvgIpc) is 3.63. The van der Waals surface area contributed by atoms with Gasteiger partial charge in [-0.15, -0.1) is 0 Å². The fourth-order valence-electron chi connectivity index (χ4n) is 5.77. The maximum absolute atomic E-state index is 13.2. The number of fused-ring (bicyclic) bond motifs is 2. The van der Waals surface area contributed by atoms with Gasteiger partial charge in [-0.25, -0.2) is 4.79 Å². The topological polar surface area (TPSA) is 221 Å². The normalized spacial score (nSPS) is 13.8. The molecular formula is C32H33B2N3O11. The molecule has 0 spiro atoms. The highest BCUT2D eigenvalue weighted by atomic mass is 16.5. The van der Waals surface area contributed by atoms with E-state index < -0.39 is 44.5 Å². The van der Waals surface area contributed by atoms with E-state index in [1.807, 2.05) is 12.1 Å². The SMILES string of the molecule is O=C(O)CCC(NC(=O)c1cc(CNC(=O)Cc2cccc3c2B(O)OC3)cc(CNC(=O)Cc2cccc3c2B(O)OC3)c1)C(=O)O. The summed E-state index contributed by atoms with van der Waals surface area (Å²) < 4.78 is 10.5. The van der Waals surface area contributed by atoms with Crippen LogP contribution in [0.1, 0.15) is 56.6 Å². The number of benzene rings is 3. The first kappa shape index (κ1) is 34.3. The van der Waals surface area contributed by atoms with Crippen molar-refractivity contribution in [2.24, 2.45) is 0 Å². The summed E-state index contributed by atoms with van der Waals surface area (Å²) in [5.41, 5.74) is 4.90. The Labute approximate surface area is 275 Å². The Bertz CT molecular complexity index is 1650. The number of hydrogen-bond donors (Lipinski definition) is 7. The molecule has 3 aromatic carbocycles. The van der Waals surface area contributed by atoms with Gasteiger partial charge in [-0.3, -0.25) is 19.2 Å². The predicted molar refractivity (Wildman–Crippen MR) is 171 cm³/mol. The van der Waals surface area contributed by atoms with Gasteiger partial charge in [0.15, 0.2) is 0 Å². The van der Waals surface area contributed by atoms with E-state index >= 15 is 0 Å². The number of rotatable bonds is 14. The number of carboxylic acid groups (broad SMARTS) is 2. The quantitative estimate of drug-likeness (QED) is 0.103. The Kier molecular flexibility index (Phi) is 10.9. The van der Waals surface area contributed by atoms with Crippen LogP contribution in [-0.4, -0.2) is 70.2 Å². The van der Waals surface area contributed by atoms with Gasteiger partial charge in [0.25, 0.3) is 5.91 Å². The van der Waals surface area contributed by atoms with Crippen molar-refractivity contribution in [1.82, 2.24) is 16.0 Å². The van der Waals surface area contributed by atoms with E-state index in [1.165, 1.54) is 12.1 Å². The molecule has 2 heterocycles. The van der Waals surface area contributed by atoms with Gasteiger partial charge in [0.1, 0.15) is 6.04 Å². The van der Waals surface area contributed by atoms with Crippen LogP contribution in [0.15, 0.2) is 54.6 Å². The summed E-state index contributed by atoms with van der Waals surface area (Å²) in [6.45, 7) is 0.432. The summed E-state index contributed by atoms with van der Waals surface area (Å²) in [5.74, 6) is -4.12. The van der Waals surface area contributed by atoms with Crippen molar-refractivity contribution < 1.29 is 53.5 Å². The Balaban J connectivity index is 1.30. The zero-order valence-corrected chi connectivity index (χ0v) is 25.7. The van der Waals surface area contributed by atoms with Crippen molar-refractivity contribution in [3.8, 4) is 0 Å². The third-order valence-electron chi connectivity index (χ3n) is 8.11. The van der Waals surface area contributed by atoms with Gasteiger partial charge in [-0.05, 0) is 62.9 Å². The Morgan fingerprint density at radius 3 is 1.71 bits per heavy atom. The third-order valence-corrected chi connectivity index (χ3v) is 8.11. The molecule has 0 saturated heterocycles. The maximum Gasteiger partial charge on any atom is 0.492 e. The van der Waals surface area contributed by atoms with Crippen LogP contribution >= 0.6 is 0 Å². The van der Waals surface area contributed by atoms with Crippen molar-refractivity contribution in [3.05, 3.63) is 93.5 Å². The Morgan fingerprint density at radius 1 is 0.750 bits per heavy atom. The molecule has 0 bridgehead atoms. The van der Waals surface area contributed by atoms with Crippen molar-refractivity contribution >= 4 is 54.8 Å². The van der Waals surface area contributed by atoms with E-state index in [0.717, 1.165) is 11.1 Å². The van der Waals surface area contributed by atoms with E-state index in [2.05, 4.69) is 16.0 Å². The van der Waals surface area contributed by atoms with E-state index in [4.69, 9.17) is 14.4 Å². The monoisotopic (exact) mass is 657 g/mol. The largest absolute Gasteiger partial charge is 0.492 e. The standard InChI is InChI=1S/C32H33B2N3O11/c38-26(12-20-3-1-5-22-16-47-33(45)29(20)22)35-14-18-9-19(11-24(10-18)31(42)37-25(32(43)44)7-8-28(40)41)15-36-27(39)13-21-4-2-6-23-17-48-34(46)30(21)23/h1-6,9-11,25,45-46H,7-8,12-17H2,(H,35,38)(H,36,39)(H,37,42)(H,40,41)(H,43,44). The summed E-state index contributed by atoms with van der Waals surface area (Å²) >= 11 is 0. The molecule has 2 aliphatic heterocycles. The minimum atomic E-state index is -1.46. The number of carboxylic acids is 2. The predicted octanol–water partition coefficient (Wildman–Crippen LogP) is -1.11. The van der Waals surface area contributed by atoms with Gasteiger partial charge >= 0.3 is 26.2 Å². The molecule has 3 aromatic rings. The molecule has 0 fully saturated rings. The number of aliphatic carboxylic acids is 2. The number of hydrogen-bond acceptors (Lipinski definition) is 9. The molecule has 48 heavy (non-hydrogen) atoms. The first-order valence-electron chi connectivity index (χ1n) is 15.2. The lowest BCUT2D eigenvalue weighted by Gasteiger charge is -2.16. The Morgan fingerprint density at radius 2 is 1.25 bits per heavy atom. The molecule has 0 aromatic heterocycles. The first-order valence-corrected chi connectivity index (χ1v) is 15.2. The summed E-state index contributed by atoms with van der Waals surface area (Å²) in [7, 11) is -2.24. The minimum Gasteiger partial charge on any atom is -0.481 e. The van der Waals surface area contributed by atoms with Crippen LogP contribution in [0.3, 0.4) is 0 Å². The lowest BCUT2D eigenvalue weighted by molar-refractivity contribution is -0.140. The fraction of sp³-hybridized carbons (Fsp3) is 0.281. The average molecular weight is 657 g/mol. The smallest absolute Gasteiger partial charge is 0.481 e. The molecule has 16 heteroatoms. The highest BCUT2D eigenvalue weighted by molar-refractivity contribution is 6.62. The van der Waals surface area contributed by atoms with Gasteiger partial charge in [-0.1, -0.05) is 42.5 Å². The molecule has 0 aliphatic carbocycles. The van der Waals surface area contributed by atoms with Crippen LogP contribution in [0.4, 0.5) is 0 Å². The van der Waals surface area contributed by atoms with E-state index in [0.29, 0.717) is 33.2 Å². The molecule has 5 rings (SSSR count). The van der Waals surface area contributed by atoms with E-state index in [9.17, 15) is 39.1 Å². The van der Waals surface area contributed by atoms with Crippen molar-refractivity contribution in [3.63, 3.8) is 0 Å². The third kappa shape index (κ3) is 8.46. The van der Waals surface area contributed by atoms with Gasteiger partial charge in [0.2, 0.25) is 11.8 Å². The summed E-state index contributed by atoms with van der Waals surface area (Å²) in [4.78, 5) is 61.7. The summed E-state index contributed by atoms with van der Waals surface area (Å²) in [6.07, 6.45) is -0.887. The zero-order valence-electron chi connectivity index (χ0n) is 25.7.